The van der Waals surface area contributed by atoms with E-state index in [9.17, 15) is 8.78 Å². The van der Waals surface area contributed by atoms with Crippen LogP contribution in [0.15, 0.2) is 0 Å². The van der Waals surface area contributed by atoms with Crippen LogP contribution in [0.2, 0.25) is 0 Å². The average molecular weight is 140 g/mol. The predicted molar refractivity (Wildman–Crippen MR) is 28.4 cm³/mol. The fourth-order valence-corrected chi connectivity index (χ4v) is 0.279. The van der Waals surface area contributed by atoms with Crippen molar-refractivity contribution in [2.45, 2.75) is 13.3 Å². The molecule has 0 bridgehead atoms. The van der Waals surface area contributed by atoms with Gasteiger partial charge in [-0.2, -0.15) is 0 Å². The van der Waals surface area contributed by atoms with E-state index in [1.165, 1.54) is 0 Å². The van der Waals surface area contributed by atoms with Gasteiger partial charge in [0, 0.05) is 6.61 Å². The van der Waals surface area contributed by atoms with E-state index in [4.69, 9.17) is 0 Å². The highest BCUT2D eigenvalue weighted by Gasteiger charge is 1.99. The molecule has 0 aliphatic heterocycles. The van der Waals surface area contributed by atoms with Crippen molar-refractivity contribution in [3.63, 3.8) is 0 Å². The van der Waals surface area contributed by atoms with Crippen molar-refractivity contribution in [1.29, 1.82) is 0 Å². The maximum absolute atomic E-state index is 11.3. The lowest BCUT2D eigenvalue weighted by molar-refractivity contribution is -0.0828. The van der Waals surface area contributed by atoms with Gasteiger partial charge in [-0.15, -0.1) is 0 Å². The molecule has 0 unspecified atom stereocenters. The van der Waals surface area contributed by atoms with Crippen LogP contribution in [0.4, 0.5) is 8.78 Å². The smallest absolute Gasteiger partial charge is 0.261 e. The van der Waals surface area contributed by atoms with Crippen LogP contribution in [0.3, 0.4) is 0 Å². The molecule has 0 saturated heterocycles. The Labute approximate surface area is 52.8 Å². The van der Waals surface area contributed by atoms with E-state index >= 15 is 0 Å². The van der Waals surface area contributed by atoms with E-state index in [-0.39, 0.29) is 6.79 Å². The summed E-state index contributed by atoms with van der Waals surface area (Å²) in [6.45, 7) is 1.68. The quantitative estimate of drug-likeness (QED) is 0.423. The van der Waals surface area contributed by atoms with E-state index in [0.29, 0.717) is 6.61 Å². The zero-order valence-corrected chi connectivity index (χ0v) is 5.27. The molecule has 0 aromatic carbocycles. The Morgan fingerprint density at radius 3 is 2.44 bits per heavy atom. The first-order valence-electron chi connectivity index (χ1n) is 2.71. The van der Waals surface area contributed by atoms with Crippen molar-refractivity contribution < 1.29 is 18.3 Å². The molecule has 0 aromatic heterocycles. The van der Waals surface area contributed by atoms with E-state index in [0.717, 1.165) is 0 Å². The molecule has 2 nitrogen and oxygen atoms in total. The topological polar surface area (TPSA) is 18.5 Å². The number of rotatable bonds is 5. The van der Waals surface area contributed by atoms with Crippen LogP contribution in [0.25, 0.3) is 0 Å². The lowest BCUT2D eigenvalue weighted by atomic mass is 10.8. The van der Waals surface area contributed by atoms with Crippen molar-refractivity contribution in [2.75, 3.05) is 20.0 Å². The molecule has 0 aliphatic rings. The minimum Gasteiger partial charge on any atom is -0.356 e. The predicted octanol–water partition coefficient (Wildman–Crippen LogP) is 1.26. The summed E-state index contributed by atoms with van der Waals surface area (Å²) in [5.74, 6) is 0. The molecule has 0 fully saturated rings. The number of ether oxygens (including phenoxy) is 2. The average Bonchev–Trinajstić information content (AvgIpc) is 1.80. The highest BCUT2D eigenvalue weighted by Crippen LogP contribution is 1.91. The molecule has 0 N–H and O–H groups in total. The van der Waals surface area contributed by atoms with Gasteiger partial charge in [0.2, 0.25) is 0 Å². The zero-order valence-electron chi connectivity index (χ0n) is 5.27. The summed E-state index contributed by atoms with van der Waals surface area (Å²) in [6, 6.07) is 0. The maximum Gasteiger partial charge on any atom is 0.261 e. The van der Waals surface area contributed by atoms with E-state index in [2.05, 4.69) is 9.47 Å². The van der Waals surface area contributed by atoms with Gasteiger partial charge in [0.1, 0.15) is 13.4 Å². The first kappa shape index (κ1) is 8.78. The largest absolute Gasteiger partial charge is 0.356 e. The van der Waals surface area contributed by atoms with Crippen LogP contribution in [0.5, 0.6) is 0 Å². The van der Waals surface area contributed by atoms with Crippen molar-refractivity contribution in [3.05, 3.63) is 0 Å². The second-order valence-electron chi connectivity index (χ2n) is 1.37. The van der Waals surface area contributed by atoms with Gasteiger partial charge in [0.05, 0.1) is 0 Å². The maximum atomic E-state index is 11.3. The van der Waals surface area contributed by atoms with E-state index in [1.54, 1.807) is 6.92 Å². The molecule has 0 radical (unpaired) electrons. The first-order valence-corrected chi connectivity index (χ1v) is 2.71. The van der Waals surface area contributed by atoms with E-state index in [1.807, 2.05) is 0 Å². The molecule has 0 aliphatic carbocycles. The van der Waals surface area contributed by atoms with Gasteiger partial charge in [0.15, 0.2) is 0 Å². The Morgan fingerprint density at radius 2 is 2.00 bits per heavy atom. The van der Waals surface area contributed by atoms with Gasteiger partial charge in [0.25, 0.3) is 6.43 Å². The molecule has 0 heterocycles. The Bertz CT molecular complexity index is 58.9. The van der Waals surface area contributed by atoms with Gasteiger partial charge in [-0.25, -0.2) is 8.78 Å². The molecule has 0 rings (SSSR count). The lowest BCUT2D eigenvalue weighted by Gasteiger charge is -2.01. The standard InChI is InChI=1S/C5H10F2O2/c1-2-8-4-9-3-5(6)7/h5H,2-4H2,1H3. The van der Waals surface area contributed by atoms with Crippen LogP contribution < -0.4 is 0 Å². The number of halogens is 2. The monoisotopic (exact) mass is 140 g/mol. The van der Waals surface area contributed by atoms with Gasteiger partial charge < -0.3 is 9.47 Å². The Hall–Kier alpha value is -0.220. The molecule has 0 aromatic rings. The second kappa shape index (κ2) is 5.91. The molecular formula is C5H10F2O2. The number of alkyl halides is 2. The highest BCUT2D eigenvalue weighted by molar-refractivity contribution is 4.28. The van der Waals surface area contributed by atoms with Gasteiger partial charge in [-0.05, 0) is 6.92 Å². The third-order valence-corrected chi connectivity index (χ3v) is 0.615. The molecular weight excluding hydrogens is 130 g/mol. The molecule has 0 spiro atoms. The molecule has 0 saturated carbocycles. The molecule has 4 heteroatoms. The minimum absolute atomic E-state index is 0.0408. The van der Waals surface area contributed by atoms with Gasteiger partial charge in [-0.1, -0.05) is 0 Å². The molecule has 56 valence electrons. The summed E-state index contributed by atoms with van der Waals surface area (Å²) in [5.41, 5.74) is 0. The van der Waals surface area contributed by atoms with Crippen LogP contribution in [-0.4, -0.2) is 26.4 Å². The molecule has 9 heavy (non-hydrogen) atoms. The van der Waals surface area contributed by atoms with Crippen LogP contribution in [-0.2, 0) is 9.47 Å². The summed E-state index contributed by atoms with van der Waals surface area (Å²) < 4.78 is 31.6. The summed E-state index contributed by atoms with van der Waals surface area (Å²) in [4.78, 5) is 0. The van der Waals surface area contributed by atoms with Gasteiger partial charge in [-0.3, -0.25) is 0 Å². The summed E-state index contributed by atoms with van der Waals surface area (Å²) in [5, 5.41) is 0. The van der Waals surface area contributed by atoms with Gasteiger partial charge >= 0.3 is 0 Å². The number of hydrogen-bond acceptors (Lipinski definition) is 2. The Morgan fingerprint density at radius 1 is 1.33 bits per heavy atom. The third-order valence-electron chi connectivity index (χ3n) is 0.615. The minimum atomic E-state index is -2.40. The normalized spacial score (nSPS) is 10.7. The summed E-state index contributed by atoms with van der Waals surface area (Å²) >= 11 is 0. The second-order valence-corrected chi connectivity index (χ2v) is 1.37. The first-order chi connectivity index (χ1) is 4.27. The van der Waals surface area contributed by atoms with Crippen molar-refractivity contribution in [3.8, 4) is 0 Å². The highest BCUT2D eigenvalue weighted by atomic mass is 19.3. The molecule has 0 atom stereocenters. The third kappa shape index (κ3) is 7.78. The van der Waals surface area contributed by atoms with Crippen molar-refractivity contribution >= 4 is 0 Å². The van der Waals surface area contributed by atoms with Crippen LogP contribution in [0, 0.1) is 0 Å². The van der Waals surface area contributed by atoms with Crippen LogP contribution >= 0.6 is 0 Å². The van der Waals surface area contributed by atoms with Crippen LogP contribution in [0.1, 0.15) is 6.92 Å². The zero-order chi connectivity index (χ0) is 7.11. The van der Waals surface area contributed by atoms with Crippen molar-refractivity contribution in [1.82, 2.24) is 0 Å². The SMILES string of the molecule is CCOCOCC(F)F. The Balaban J connectivity index is 2.75. The summed E-state index contributed by atoms with van der Waals surface area (Å²) in [6.07, 6.45) is -2.40. The fraction of sp³-hybridized carbons (Fsp3) is 1.00. The lowest BCUT2D eigenvalue weighted by Crippen LogP contribution is -2.07. The summed E-state index contributed by atoms with van der Waals surface area (Å²) in [7, 11) is 0. The number of hydrogen-bond donors (Lipinski definition) is 0. The van der Waals surface area contributed by atoms with Crippen molar-refractivity contribution in [2.24, 2.45) is 0 Å². The van der Waals surface area contributed by atoms with E-state index < -0.39 is 13.0 Å². The fourth-order valence-electron chi connectivity index (χ4n) is 0.279. The molecule has 0 amide bonds. The Kier molecular flexibility index (Phi) is 5.76.